The molecule has 5 heteroatoms. The highest BCUT2D eigenvalue weighted by molar-refractivity contribution is 6.34. The summed E-state index contributed by atoms with van der Waals surface area (Å²) in [5.41, 5.74) is 6.21. The molecule has 0 bridgehead atoms. The molecule has 70 valence electrons. The lowest BCUT2D eigenvalue weighted by atomic mass is 10.0. The summed E-state index contributed by atoms with van der Waals surface area (Å²) in [6.45, 7) is 6.00. The first-order valence-corrected chi connectivity index (χ1v) is 4.06. The Hall–Kier alpha value is -1.13. The zero-order chi connectivity index (χ0) is 10.2. The number of methoxy groups -OCH3 is 1. The van der Waals surface area contributed by atoms with E-state index in [1.807, 2.05) is 20.8 Å². The molecule has 0 aromatic carbocycles. The molecule has 1 aromatic heterocycles. The van der Waals surface area contributed by atoms with Crippen molar-refractivity contribution in [3.8, 4) is 5.88 Å². The van der Waals surface area contributed by atoms with Gasteiger partial charge in [0.25, 0.3) is 0 Å². The molecule has 2 N–H and O–H groups in total. The van der Waals surface area contributed by atoms with Crippen molar-refractivity contribution >= 4 is 19.1 Å². The molecule has 0 amide bonds. The van der Waals surface area contributed by atoms with Crippen LogP contribution in [0.1, 0.15) is 20.8 Å². The first kappa shape index (κ1) is 9.96. The number of ether oxygens (including phenoxy) is 1. The fraction of sp³-hybridized carbons (Fsp3) is 0.625. The standard InChI is InChI=1S/C8H14BN3O/c1-8(2,3)12-7(13-4)5(10)6(9)11-12/h10H2,1-4H3. The van der Waals surface area contributed by atoms with Crippen LogP contribution >= 0.6 is 0 Å². The quantitative estimate of drug-likeness (QED) is 0.618. The maximum atomic E-state index is 5.68. The summed E-state index contributed by atoms with van der Waals surface area (Å²) in [4.78, 5) is 0. The minimum atomic E-state index is -0.183. The zero-order valence-electron chi connectivity index (χ0n) is 8.46. The van der Waals surface area contributed by atoms with Crippen LogP contribution in [0.15, 0.2) is 0 Å². The normalized spacial score (nSPS) is 11.7. The number of rotatable bonds is 1. The Balaban J connectivity index is 3.30. The van der Waals surface area contributed by atoms with E-state index in [1.165, 1.54) is 0 Å². The van der Waals surface area contributed by atoms with Gasteiger partial charge in [-0.05, 0) is 20.8 Å². The van der Waals surface area contributed by atoms with E-state index in [4.69, 9.17) is 18.3 Å². The van der Waals surface area contributed by atoms with Crippen LogP contribution in [-0.4, -0.2) is 24.7 Å². The van der Waals surface area contributed by atoms with E-state index in [1.54, 1.807) is 11.8 Å². The van der Waals surface area contributed by atoms with Crippen LogP contribution in [0.4, 0.5) is 5.69 Å². The van der Waals surface area contributed by atoms with E-state index in [9.17, 15) is 0 Å². The van der Waals surface area contributed by atoms with Crippen molar-refractivity contribution < 1.29 is 4.74 Å². The second-order valence-corrected chi connectivity index (χ2v) is 3.89. The molecule has 0 unspecified atom stereocenters. The highest BCUT2D eigenvalue weighted by Crippen LogP contribution is 2.25. The lowest BCUT2D eigenvalue weighted by molar-refractivity contribution is 0.284. The summed E-state index contributed by atoms with van der Waals surface area (Å²) in [5, 5.41) is 4.10. The average Bonchev–Trinajstić information content (AvgIpc) is 2.28. The number of nitrogen functional groups attached to an aromatic ring is 1. The van der Waals surface area contributed by atoms with Gasteiger partial charge >= 0.3 is 0 Å². The lowest BCUT2D eigenvalue weighted by Gasteiger charge is -2.21. The minimum Gasteiger partial charge on any atom is -0.480 e. The Morgan fingerprint density at radius 1 is 1.46 bits per heavy atom. The fourth-order valence-corrected chi connectivity index (χ4v) is 1.08. The van der Waals surface area contributed by atoms with E-state index in [-0.39, 0.29) is 5.54 Å². The highest BCUT2D eigenvalue weighted by Gasteiger charge is 2.22. The van der Waals surface area contributed by atoms with E-state index in [0.717, 1.165) is 0 Å². The van der Waals surface area contributed by atoms with Crippen molar-refractivity contribution in [2.75, 3.05) is 12.8 Å². The van der Waals surface area contributed by atoms with Crippen molar-refractivity contribution in [3.63, 3.8) is 0 Å². The fourth-order valence-electron chi connectivity index (χ4n) is 1.08. The minimum absolute atomic E-state index is 0.183. The van der Waals surface area contributed by atoms with Gasteiger partial charge in [-0.25, -0.2) is 4.68 Å². The van der Waals surface area contributed by atoms with E-state index in [0.29, 0.717) is 17.2 Å². The smallest absolute Gasteiger partial charge is 0.235 e. The van der Waals surface area contributed by atoms with E-state index < -0.39 is 0 Å². The molecular weight excluding hydrogens is 165 g/mol. The zero-order valence-corrected chi connectivity index (χ0v) is 8.46. The first-order chi connectivity index (χ1) is 5.88. The molecule has 2 radical (unpaired) electrons. The summed E-state index contributed by atoms with van der Waals surface area (Å²) >= 11 is 0. The first-order valence-electron chi connectivity index (χ1n) is 4.06. The summed E-state index contributed by atoms with van der Waals surface area (Å²) in [6.07, 6.45) is 0. The maximum absolute atomic E-state index is 5.68. The number of anilines is 1. The monoisotopic (exact) mass is 179 g/mol. The van der Waals surface area contributed by atoms with Crippen LogP contribution in [0.25, 0.3) is 0 Å². The molecule has 13 heavy (non-hydrogen) atoms. The molecule has 1 heterocycles. The van der Waals surface area contributed by atoms with Crippen molar-refractivity contribution in [2.45, 2.75) is 26.3 Å². The second-order valence-electron chi connectivity index (χ2n) is 3.89. The molecule has 0 aliphatic heterocycles. The molecule has 0 aliphatic rings. The lowest BCUT2D eigenvalue weighted by Crippen LogP contribution is -2.25. The van der Waals surface area contributed by atoms with Crippen LogP contribution in [0.3, 0.4) is 0 Å². The van der Waals surface area contributed by atoms with Gasteiger partial charge in [-0.3, -0.25) is 0 Å². The number of nitrogens with zero attached hydrogens (tertiary/aromatic N) is 2. The molecule has 0 atom stereocenters. The Morgan fingerprint density at radius 3 is 2.31 bits per heavy atom. The molecular formula is C8H14BN3O. The summed E-state index contributed by atoms with van der Waals surface area (Å²) in [6, 6.07) is 0. The number of hydrogen-bond acceptors (Lipinski definition) is 3. The summed E-state index contributed by atoms with van der Waals surface area (Å²) in [7, 11) is 7.13. The Morgan fingerprint density at radius 2 is 2.00 bits per heavy atom. The highest BCUT2D eigenvalue weighted by atomic mass is 16.5. The van der Waals surface area contributed by atoms with Crippen molar-refractivity contribution in [1.29, 1.82) is 0 Å². The predicted molar refractivity (Wildman–Crippen MR) is 53.6 cm³/mol. The van der Waals surface area contributed by atoms with Gasteiger partial charge in [0.15, 0.2) is 0 Å². The molecule has 1 aromatic rings. The summed E-state index contributed by atoms with van der Waals surface area (Å²) < 4.78 is 6.80. The third-order valence-electron chi connectivity index (χ3n) is 1.74. The Kier molecular flexibility index (Phi) is 2.28. The van der Waals surface area contributed by atoms with Gasteiger partial charge in [0.2, 0.25) is 5.88 Å². The predicted octanol–water partition coefficient (Wildman–Crippen LogP) is 0.0227. The van der Waals surface area contributed by atoms with Crippen molar-refractivity contribution in [3.05, 3.63) is 0 Å². The SMILES string of the molecule is [B]c1nn(C(C)(C)C)c(OC)c1N. The molecule has 0 aliphatic carbocycles. The Labute approximate surface area is 79.5 Å². The molecule has 0 spiro atoms. The van der Waals surface area contributed by atoms with Crippen molar-refractivity contribution in [1.82, 2.24) is 9.78 Å². The van der Waals surface area contributed by atoms with Gasteiger partial charge < -0.3 is 10.5 Å². The van der Waals surface area contributed by atoms with Gasteiger partial charge in [0, 0.05) is 5.59 Å². The Bertz CT molecular complexity index is 314. The van der Waals surface area contributed by atoms with Gasteiger partial charge in [-0.15, -0.1) is 0 Å². The van der Waals surface area contributed by atoms with Crippen LogP contribution < -0.4 is 16.1 Å². The van der Waals surface area contributed by atoms with E-state index in [2.05, 4.69) is 5.10 Å². The molecule has 0 saturated carbocycles. The topological polar surface area (TPSA) is 53.1 Å². The molecule has 0 saturated heterocycles. The van der Waals surface area contributed by atoms with E-state index >= 15 is 0 Å². The van der Waals surface area contributed by atoms with Crippen molar-refractivity contribution in [2.24, 2.45) is 0 Å². The molecule has 1 rings (SSSR count). The number of nitrogens with two attached hydrogens (primary N) is 1. The van der Waals surface area contributed by atoms with Gasteiger partial charge in [0.05, 0.1) is 12.6 Å². The molecule has 0 fully saturated rings. The maximum Gasteiger partial charge on any atom is 0.235 e. The van der Waals surface area contributed by atoms with Gasteiger partial charge in [-0.2, -0.15) is 5.10 Å². The summed E-state index contributed by atoms with van der Waals surface area (Å²) in [5.74, 6) is 0.519. The third-order valence-corrected chi connectivity index (χ3v) is 1.74. The second kappa shape index (κ2) is 2.98. The average molecular weight is 179 g/mol. The molecule has 4 nitrogen and oxygen atoms in total. The van der Waals surface area contributed by atoms with Crippen LogP contribution in [0, 0.1) is 0 Å². The number of aromatic nitrogens is 2. The largest absolute Gasteiger partial charge is 0.480 e. The van der Waals surface area contributed by atoms with Crippen LogP contribution in [0.5, 0.6) is 5.88 Å². The number of hydrogen-bond donors (Lipinski definition) is 1. The van der Waals surface area contributed by atoms with Gasteiger partial charge in [0.1, 0.15) is 13.5 Å². The van der Waals surface area contributed by atoms with Crippen LogP contribution in [0.2, 0.25) is 0 Å². The van der Waals surface area contributed by atoms with Gasteiger partial charge in [-0.1, -0.05) is 0 Å². The van der Waals surface area contributed by atoms with Crippen LogP contribution in [-0.2, 0) is 5.54 Å². The third kappa shape index (κ3) is 1.64.